The summed E-state index contributed by atoms with van der Waals surface area (Å²) < 4.78 is 20.5. The van der Waals surface area contributed by atoms with Gasteiger partial charge < -0.3 is 18.9 Å². The van der Waals surface area contributed by atoms with Crippen molar-refractivity contribution in [2.45, 2.75) is 6.61 Å². The summed E-state index contributed by atoms with van der Waals surface area (Å²) in [5.41, 5.74) is 0.736. The van der Waals surface area contributed by atoms with E-state index in [1.165, 1.54) is 21.3 Å². The van der Waals surface area contributed by atoms with Crippen LogP contribution < -0.4 is 14.2 Å². The molecule has 0 aliphatic rings. The number of rotatable bonds is 6. The van der Waals surface area contributed by atoms with Gasteiger partial charge in [-0.05, 0) is 17.7 Å². The van der Waals surface area contributed by atoms with Gasteiger partial charge in [0.15, 0.2) is 11.5 Å². The smallest absolute Gasteiger partial charge is 0.330 e. The minimum atomic E-state index is -0.483. The molecule has 0 atom stereocenters. The maximum Gasteiger partial charge on any atom is 0.330 e. The molecular formula is C13H16O5. The monoisotopic (exact) mass is 252 g/mol. The molecule has 0 aliphatic carbocycles. The van der Waals surface area contributed by atoms with Crippen LogP contribution in [0.3, 0.4) is 0 Å². The molecule has 0 aromatic heterocycles. The van der Waals surface area contributed by atoms with Crippen molar-refractivity contribution in [3.8, 4) is 17.2 Å². The number of benzene rings is 1. The third-order valence-electron chi connectivity index (χ3n) is 2.27. The van der Waals surface area contributed by atoms with E-state index in [9.17, 15) is 4.79 Å². The van der Waals surface area contributed by atoms with E-state index in [0.717, 1.165) is 11.6 Å². The first-order chi connectivity index (χ1) is 8.65. The van der Waals surface area contributed by atoms with E-state index in [1.54, 1.807) is 12.1 Å². The van der Waals surface area contributed by atoms with Gasteiger partial charge in [-0.1, -0.05) is 6.58 Å². The second-order valence-electron chi connectivity index (χ2n) is 3.35. The number of methoxy groups -OCH3 is 3. The van der Waals surface area contributed by atoms with E-state index >= 15 is 0 Å². The number of hydrogen-bond acceptors (Lipinski definition) is 5. The molecule has 5 heteroatoms. The minimum absolute atomic E-state index is 0.113. The fourth-order valence-corrected chi connectivity index (χ4v) is 1.43. The molecule has 18 heavy (non-hydrogen) atoms. The van der Waals surface area contributed by atoms with E-state index in [-0.39, 0.29) is 6.61 Å². The van der Waals surface area contributed by atoms with Crippen molar-refractivity contribution in [1.82, 2.24) is 0 Å². The quantitative estimate of drug-likeness (QED) is 0.572. The molecule has 98 valence electrons. The van der Waals surface area contributed by atoms with Crippen LogP contribution in [0.15, 0.2) is 24.8 Å². The average molecular weight is 252 g/mol. The van der Waals surface area contributed by atoms with E-state index in [2.05, 4.69) is 6.58 Å². The highest BCUT2D eigenvalue weighted by atomic mass is 16.5. The predicted molar refractivity (Wildman–Crippen MR) is 66.1 cm³/mol. The molecular weight excluding hydrogens is 236 g/mol. The lowest BCUT2D eigenvalue weighted by atomic mass is 10.2. The van der Waals surface area contributed by atoms with Gasteiger partial charge >= 0.3 is 5.97 Å². The Hall–Kier alpha value is -2.17. The first-order valence-electron chi connectivity index (χ1n) is 5.24. The zero-order valence-electron chi connectivity index (χ0n) is 10.7. The van der Waals surface area contributed by atoms with Crippen molar-refractivity contribution in [3.05, 3.63) is 30.4 Å². The number of carbonyl (C=O) groups is 1. The number of hydrogen-bond donors (Lipinski definition) is 0. The third kappa shape index (κ3) is 3.16. The van der Waals surface area contributed by atoms with E-state index in [4.69, 9.17) is 18.9 Å². The van der Waals surface area contributed by atoms with Crippen molar-refractivity contribution < 1.29 is 23.7 Å². The van der Waals surface area contributed by atoms with Gasteiger partial charge in [0, 0.05) is 6.08 Å². The highest BCUT2D eigenvalue weighted by Crippen LogP contribution is 2.38. The molecule has 1 rings (SSSR count). The van der Waals surface area contributed by atoms with Crippen molar-refractivity contribution in [3.63, 3.8) is 0 Å². The molecule has 0 amide bonds. The molecule has 0 saturated carbocycles. The van der Waals surface area contributed by atoms with Gasteiger partial charge in [0.25, 0.3) is 0 Å². The summed E-state index contributed by atoms with van der Waals surface area (Å²) >= 11 is 0. The molecule has 0 spiro atoms. The van der Waals surface area contributed by atoms with Crippen LogP contribution in [-0.2, 0) is 16.1 Å². The molecule has 0 heterocycles. The molecule has 0 unspecified atom stereocenters. The summed E-state index contributed by atoms with van der Waals surface area (Å²) in [6, 6.07) is 3.44. The second-order valence-corrected chi connectivity index (χ2v) is 3.35. The normalized spacial score (nSPS) is 9.50. The summed E-state index contributed by atoms with van der Waals surface area (Å²) in [7, 11) is 4.57. The summed E-state index contributed by atoms with van der Waals surface area (Å²) in [6.07, 6.45) is 1.11. The van der Waals surface area contributed by atoms with Crippen molar-refractivity contribution >= 4 is 5.97 Å². The topological polar surface area (TPSA) is 54.0 Å². The van der Waals surface area contributed by atoms with Gasteiger partial charge in [-0.2, -0.15) is 0 Å². The average Bonchev–Trinajstić information content (AvgIpc) is 2.43. The van der Waals surface area contributed by atoms with E-state index < -0.39 is 5.97 Å². The van der Waals surface area contributed by atoms with Crippen LogP contribution in [0.25, 0.3) is 0 Å². The molecule has 0 radical (unpaired) electrons. The van der Waals surface area contributed by atoms with Gasteiger partial charge in [0.1, 0.15) is 6.61 Å². The Morgan fingerprint density at radius 2 is 1.72 bits per heavy atom. The summed E-state index contributed by atoms with van der Waals surface area (Å²) in [5.74, 6) is 1.05. The Morgan fingerprint density at radius 1 is 1.17 bits per heavy atom. The maximum absolute atomic E-state index is 11.0. The molecule has 0 saturated heterocycles. The Balaban J connectivity index is 2.99. The predicted octanol–water partition coefficient (Wildman–Crippen LogP) is 1.94. The first-order valence-corrected chi connectivity index (χ1v) is 5.24. The third-order valence-corrected chi connectivity index (χ3v) is 2.27. The zero-order valence-corrected chi connectivity index (χ0v) is 10.7. The molecule has 5 nitrogen and oxygen atoms in total. The Morgan fingerprint density at radius 3 is 2.11 bits per heavy atom. The maximum atomic E-state index is 11.0. The van der Waals surface area contributed by atoms with Gasteiger partial charge in [-0.3, -0.25) is 0 Å². The van der Waals surface area contributed by atoms with Crippen LogP contribution in [0.5, 0.6) is 17.2 Å². The van der Waals surface area contributed by atoms with Crippen LogP contribution in [0.2, 0.25) is 0 Å². The highest BCUT2D eigenvalue weighted by molar-refractivity contribution is 5.81. The van der Waals surface area contributed by atoms with Gasteiger partial charge in [-0.25, -0.2) is 4.79 Å². The fraction of sp³-hybridized carbons (Fsp3) is 0.308. The zero-order chi connectivity index (χ0) is 13.5. The van der Waals surface area contributed by atoms with Gasteiger partial charge in [0.05, 0.1) is 21.3 Å². The first kappa shape index (κ1) is 13.9. The summed E-state index contributed by atoms with van der Waals surface area (Å²) in [5, 5.41) is 0. The van der Waals surface area contributed by atoms with Gasteiger partial charge in [0.2, 0.25) is 5.75 Å². The summed E-state index contributed by atoms with van der Waals surface area (Å²) in [4.78, 5) is 11.0. The van der Waals surface area contributed by atoms with Crippen LogP contribution in [0.1, 0.15) is 5.56 Å². The molecule has 0 N–H and O–H groups in total. The van der Waals surface area contributed by atoms with Gasteiger partial charge in [-0.15, -0.1) is 0 Å². The number of ether oxygens (including phenoxy) is 4. The summed E-state index contributed by atoms with van der Waals surface area (Å²) in [6.45, 7) is 3.44. The van der Waals surface area contributed by atoms with Crippen LogP contribution in [0.4, 0.5) is 0 Å². The Labute approximate surface area is 106 Å². The lowest BCUT2D eigenvalue weighted by Crippen LogP contribution is -2.02. The SMILES string of the molecule is C=CC(=O)OCc1cc(OC)c(OC)c(OC)c1. The standard InChI is InChI=1S/C13H16O5/c1-5-12(14)18-8-9-6-10(15-2)13(17-4)11(7-9)16-3/h5-7H,1,8H2,2-4H3. The Kier molecular flexibility index (Phi) is 5.05. The fourth-order valence-electron chi connectivity index (χ4n) is 1.43. The number of esters is 1. The second kappa shape index (κ2) is 6.54. The van der Waals surface area contributed by atoms with Crippen LogP contribution >= 0.6 is 0 Å². The van der Waals surface area contributed by atoms with Crippen molar-refractivity contribution in [1.29, 1.82) is 0 Å². The molecule has 1 aromatic rings. The highest BCUT2D eigenvalue weighted by Gasteiger charge is 2.13. The largest absolute Gasteiger partial charge is 0.493 e. The van der Waals surface area contributed by atoms with Crippen LogP contribution in [-0.4, -0.2) is 27.3 Å². The van der Waals surface area contributed by atoms with E-state index in [1.807, 2.05) is 0 Å². The van der Waals surface area contributed by atoms with E-state index in [0.29, 0.717) is 17.2 Å². The molecule has 0 aliphatic heterocycles. The molecule has 0 bridgehead atoms. The minimum Gasteiger partial charge on any atom is -0.493 e. The lowest BCUT2D eigenvalue weighted by Gasteiger charge is -2.13. The Bertz CT molecular complexity index is 414. The van der Waals surface area contributed by atoms with Crippen molar-refractivity contribution in [2.24, 2.45) is 0 Å². The van der Waals surface area contributed by atoms with Crippen LogP contribution in [0, 0.1) is 0 Å². The number of carbonyl (C=O) groups excluding carboxylic acids is 1. The molecule has 0 fully saturated rings. The van der Waals surface area contributed by atoms with Crippen molar-refractivity contribution in [2.75, 3.05) is 21.3 Å². The lowest BCUT2D eigenvalue weighted by molar-refractivity contribution is -0.138. The molecule has 1 aromatic carbocycles.